The van der Waals surface area contributed by atoms with Crippen LogP contribution in [0.15, 0.2) is 5.16 Å². The number of piperidine rings is 1. The van der Waals surface area contributed by atoms with Crippen LogP contribution < -0.4 is 5.73 Å². The van der Waals surface area contributed by atoms with Crippen molar-refractivity contribution in [2.24, 2.45) is 10.9 Å². The third-order valence-electron chi connectivity index (χ3n) is 2.36. The largest absolute Gasteiger partial charge is 0.408 e. The van der Waals surface area contributed by atoms with Gasteiger partial charge >= 0.3 is 0 Å². The highest BCUT2D eigenvalue weighted by molar-refractivity contribution is 5.77. The summed E-state index contributed by atoms with van der Waals surface area (Å²) in [4.78, 5) is 1.85. The van der Waals surface area contributed by atoms with Gasteiger partial charge < -0.3 is 20.6 Å². The SMILES string of the molecule is CCCOC1CCCN(C(N)=NO)C1. The standard InChI is InChI=1S/C9H19N3O2/c1-2-6-14-8-4-3-5-12(7-8)9(10)11-13/h8,13H,2-7H2,1H3,(H2,10,11). The van der Waals surface area contributed by atoms with Gasteiger partial charge in [0.15, 0.2) is 0 Å². The predicted octanol–water partition coefficient (Wildman–Crippen LogP) is 0.581. The van der Waals surface area contributed by atoms with Crippen molar-refractivity contribution in [3.05, 3.63) is 0 Å². The van der Waals surface area contributed by atoms with E-state index in [0.717, 1.165) is 39.0 Å². The van der Waals surface area contributed by atoms with Crippen LogP contribution in [-0.4, -0.2) is 41.9 Å². The minimum Gasteiger partial charge on any atom is -0.408 e. The fraction of sp³-hybridized carbons (Fsp3) is 0.889. The van der Waals surface area contributed by atoms with Crippen LogP contribution in [0.3, 0.4) is 0 Å². The van der Waals surface area contributed by atoms with E-state index in [2.05, 4.69) is 12.1 Å². The molecule has 0 radical (unpaired) electrons. The molecule has 14 heavy (non-hydrogen) atoms. The van der Waals surface area contributed by atoms with E-state index < -0.39 is 0 Å². The quantitative estimate of drug-likeness (QED) is 0.303. The average molecular weight is 201 g/mol. The van der Waals surface area contributed by atoms with Gasteiger partial charge in [-0.2, -0.15) is 0 Å². The molecule has 0 aromatic rings. The normalized spacial score (nSPS) is 23.9. The first-order chi connectivity index (χ1) is 6.77. The Balaban J connectivity index is 2.35. The van der Waals surface area contributed by atoms with Gasteiger partial charge in [-0.05, 0) is 19.3 Å². The van der Waals surface area contributed by atoms with Crippen molar-refractivity contribution in [1.29, 1.82) is 0 Å². The highest BCUT2D eigenvalue weighted by Crippen LogP contribution is 2.12. The molecule has 1 rings (SSSR count). The van der Waals surface area contributed by atoms with Crippen LogP contribution in [0.4, 0.5) is 0 Å². The van der Waals surface area contributed by atoms with E-state index in [9.17, 15) is 0 Å². The summed E-state index contributed by atoms with van der Waals surface area (Å²) in [6, 6.07) is 0. The second-order valence-electron chi connectivity index (χ2n) is 3.54. The monoisotopic (exact) mass is 201 g/mol. The molecule has 1 atom stereocenters. The molecule has 1 fully saturated rings. The number of oxime groups is 1. The van der Waals surface area contributed by atoms with Gasteiger partial charge in [-0.1, -0.05) is 12.1 Å². The molecule has 0 amide bonds. The number of nitrogens with two attached hydrogens (primary N) is 1. The van der Waals surface area contributed by atoms with Crippen molar-refractivity contribution >= 4 is 5.96 Å². The van der Waals surface area contributed by atoms with Gasteiger partial charge in [0, 0.05) is 19.7 Å². The van der Waals surface area contributed by atoms with Crippen LogP contribution in [0.25, 0.3) is 0 Å². The molecule has 1 saturated heterocycles. The number of ether oxygens (including phenoxy) is 1. The molecule has 0 saturated carbocycles. The van der Waals surface area contributed by atoms with E-state index in [4.69, 9.17) is 15.7 Å². The Morgan fingerprint density at radius 2 is 2.50 bits per heavy atom. The molecule has 1 unspecified atom stereocenters. The van der Waals surface area contributed by atoms with Crippen LogP contribution in [0.2, 0.25) is 0 Å². The fourth-order valence-corrected chi connectivity index (χ4v) is 1.63. The first-order valence-electron chi connectivity index (χ1n) is 5.12. The zero-order valence-electron chi connectivity index (χ0n) is 8.65. The van der Waals surface area contributed by atoms with E-state index in [1.807, 2.05) is 4.90 Å². The van der Waals surface area contributed by atoms with Gasteiger partial charge in [-0.3, -0.25) is 0 Å². The molecule has 0 aromatic heterocycles. The van der Waals surface area contributed by atoms with Gasteiger partial charge in [0.1, 0.15) is 0 Å². The molecule has 82 valence electrons. The summed E-state index contributed by atoms with van der Waals surface area (Å²) >= 11 is 0. The van der Waals surface area contributed by atoms with E-state index in [-0.39, 0.29) is 12.1 Å². The van der Waals surface area contributed by atoms with Gasteiger partial charge in [-0.15, -0.1) is 0 Å². The maximum Gasteiger partial charge on any atom is 0.233 e. The number of nitrogens with zero attached hydrogens (tertiary/aromatic N) is 2. The number of guanidine groups is 1. The number of hydrogen-bond acceptors (Lipinski definition) is 3. The summed E-state index contributed by atoms with van der Waals surface area (Å²) in [5, 5.41) is 11.5. The molecule has 0 bridgehead atoms. The molecular weight excluding hydrogens is 182 g/mol. The van der Waals surface area contributed by atoms with Crippen molar-refractivity contribution < 1.29 is 9.94 Å². The number of hydrogen-bond donors (Lipinski definition) is 2. The zero-order chi connectivity index (χ0) is 10.4. The van der Waals surface area contributed by atoms with Crippen molar-refractivity contribution in [1.82, 2.24) is 4.90 Å². The van der Waals surface area contributed by atoms with Crippen LogP contribution in [0.1, 0.15) is 26.2 Å². The Labute approximate surface area is 84.5 Å². The summed E-state index contributed by atoms with van der Waals surface area (Å²) in [5.74, 6) is 0.190. The van der Waals surface area contributed by atoms with Crippen molar-refractivity contribution in [2.75, 3.05) is 19.7 Å². The second-order valence-corrected chi connectivity index (χ2v) is 3.54. The molecule has 1 heterocycles. The summed E-state index contributed by atoms with van der Waals surface area (Å²) in [5.41, 5.74) is 5.51. The van der Waals surface area contributed by atoms with Gasteiger partial charge in [-0.25, -0.2) is 0 Å². The highest BCUT2D eigenvalue weighted by Gasteiger charge is 2.21. The first-order valence-corrected chi connectivity index (χ1v) is 5.12. The molecule has 1 aliphatic heterocycles. The Morgan fingerprint density at radius 3 is 3.14 bits per heavy atom. The average Bonchev–Trinajstić information content (AvgIpc) is 2.25. The first kappa shape index (κ1) is 11.1. The minimum atomic E-state index is 0.190. The lowest BCUT2D eigenvalue weighted by molar-refractivity contribution is 0.0157. The lowest BCUT2D eigenvalue weighted by Crippen LogP contribution is -2.46. The Kier molecular flexibility index (Phi) is 4.52. The summed E-state index contributed by atoms with van der Waals surface area (Å²) in [6.45, 7) is 4.45. The van der Waals surface area contributed by atoms with E-state index >= 15 is 0 Å². The lowest BCUT2D eigenvalue weighted by atomic mass is 10.1. The molecule has 5 nitrogen and oxygen atoms in total. The van der Waals surface area contributed by atoms with Crippen molar-refractivity contribution in [2.45, 2.75) is 32.3 Å². The van der Waals surface area contributed by atoms with Crippen LogP contribution in [0.5, 0.6) is 0 Å². The smallest absolute Gasteiger partial charge is 0.233 e. The molecule has 0 spiro atoms. The molecule has 0 aromatic carbocycles. The highest BCUT2D eigenvalue weighted by atomic mass is 16.5. The lowest BCUT2D eigenvalue weighted by Gasteiger charge is -2.32. The third-order valence-corrected chi connectivity index (χ3v) is 2.36. The zero-order valence-corrected chi connectivity index (χ0v) is 8.65. The number of rotatable bonds is 3. The van der Waals surface area contributed by atoms with E-state index in [1.54, 1.807) is 0 Å². The van der Waals surface area contributed by atoms with Gasteiger partial charge in [0.25, 0.3) is 0 Å². The number of likely N-dealkylation sites (tertiary alicyclic amines) is 1. The summed E-state index contributed by atoms with van der Waals surface area (Å²) < 4.78 is 5.62. The fourth-order valence-electron chi connectivity index (χ4n) is 1.63. The molecule has 0 aliphatic carbocycles. The molecular formula is C9H19N3O2. The molecule has 1 aliphatic rings. The Bertz CT molecular complexity index is 196. The Morgan fingerprint density at radius 1 is 1.71 bits per heavy atom. The predicted molar refractivity (Wildman–Crippen MR) is 54.2 cm³/mol. The maximum atomic E-state index is 8.53. The molecule has 3 N–H and O–H groups in total. The van der Waals surface area contributed by atoms with Crippen LogP contribution >= 0.6 is 0 Å². The summed E-state index contributed by atoms with van der Waals surface area (Å²) in [7, 11) is 0. The third kappa shape index (κ3) is 3.06. The van der Waals surface area contributed by atoms with Crippen molar-refractivity contribution in [3.63, 3.8) is 0 Å². The van der Waals surface area contributed by atoms with Gasteiger partial charge in [0.2, 0.25) is 5.96 Å². The van der Waals surface area contributed by atoms with Crippen LogP contribution in [-0.2, 0) is 4.74 Å². The van der Waals surface area contributed by atoms with Gasteiger partial charge in [0.05, 0.1) is 6.10 Å². The maximum absolute atomic E-state index is 8.53. The molecule has 5 heteroatoms. The van der Waals surface area contributed by atoms with E-state index in [1.165, 1.54) is 0 Å². The van der Waals surface area contributed by atoms with Crippen molar-refractivity contribution in [3.8, 4) is 0 Å². The second kappa shape index (κ2) is 5.70. The van der Waals surface area contributed by atoms with Crippen LogP contribution in [0, 0.1) is 0 Å². The Hall–Kier alpha value is -0.970. The van der Waals surface area contributed by atoms with E-state index in [0.29, 0.717) is 0 Å². The summed E-state index contributed by atoms with van der Waals surface area (Å²) in [6.07, 6.45) is 3.35. The minimum absolute atomic E-state index is 0.190. The topological polar surface area (TPSA) is 71.1 Å².